The summed E-state index contributed by atoms with van der Waals surface area (Å²) in [6.45, 7) is 0.356. The number of ether oxygens (including phenoxy) is 2. The van der Waals surface area contributed by atoms with Gasteiger partial charge in [-0.05, 0) is 30.7 Å². The molecule has 1 atom stereocenters. The van der Waals surface area contributed by atoms with Gasteiger partial charge in [-0.3, -0.25) is 0 Å². The molecule has 21 heavy (non-hydrogen) atoms. The van der Waals surface area contributed by atoms with E-state index in [9.17, 15) is 5.11 Å². The van der Waals surface area contributed by atoms with E-state index in [0.717, 1.165) is 5.56 Å². The first-order valence-electron chi connectivity index (χ1n) is 6.59. The molecule has 0 saturated carbocycles. The van der Waals surface area contributed by atoms with Gasteiger partial charge in [-0.1, -0.05) is 11.2 Å². The number of aromatic nitrogens is 2. The van der Waals surface area contributed by atoms with Crippen molar-refractivity contribution in [3.63, 3.8) is 0 Å². The molecule has 114 valence electrons. The zero-order valence-electron chi connectivity index (χ0n) is 12.1. The number of benzene rings is 1. The molecule has 0 fully saturated rings. The average molecular weight is 293 g/mol. The number of aliphatic hydroxyl groups excluding tert-OH is 1. The van der Waals surface area contributed by atoms with Crippen LogP contribution in [0.15, 0.2) is 22.7 Å². The second-order valence-corrected chi connectivity index (χ2v) is 4.51. The Bertz CT molecular complexity index is 585. The van der Waals surface area contributed by atoms with Gasteiger partial charge in [0.15, 0.2) is 17.3 Å². The van der Waals surface area contributed by atoms with Gasteiger partial charge in [0.05, 0.1) is 14.2 Å². The highest BCUT2D eigenvalue weighted by atomic mass is 16.5. The first-order valence-corrected chi connectivity index (χ1v) is 6.59. The Morgan fingerprint density at radius 3 is 2.71 bits per heavy atom. The van der Waals surface area contributed by atoms with Crippen molar-refractivity contribution >= 4 is 0 Å². The summed E-state index contributed by atoms with van der Waals surface area (Å²) in [7, 11) is 3.17. The number of methoxy groups -OCH3 is 2. The number of hydrogen-bond donors (Lipinski definition) is 2. The third-order valence-electron chi connectivity index (χ3n) is 3.02. The molecule has 0 spiro atoms. The van der Waals surface area contributed by atoms with E-state index in [4.69, 9.17) is 19.7 Å². The van der Waals surface area contributed by atoms with Gasteiger partial charge in [0.2, 0.25) is 0 Å². The lowest BCUT2D eigenvalue weighted by Gasteiger charge is -2.08. The number of nitrogens with two attached hydrogens (primary N) is 1. The lowest BCUT2D eigenvalue weighted by atomic mass is 10.1. The van der Waals surface area contributed by atoms with Crippen LogP contribution < -0.4 is 15.2 Å². The summed E-state index contributed by atoms with van der Waals surface area (Å²) in [4.78, 5) is 4.17. The molecule has 0 amide bonds. The Balaban J connectivity index is 2.11. The largest absolute Gasteiger partial charge is 0.493 e. The summed E-state index contributed by atoms with van der Waals surface area (Å²) in [5.41, 5.74) is 6.33. The highest BCUT2D eigenvalue weighted by Crippen LogP contribution is 2.28. The van der Waals surface area contributed by atoms with Crippen LogP contribution in [0.2, 0.25) is 0 Å². The molecule has 1 aromatic heterocycles. The van der Waals surface area contributed by atoms with Gasteiger partial charge in [0.25, 0.3) is 5.89 Å². The van der Waals surface area contributed by atoms with Crippen molar-refractivity contribution in [1.82, 2.24) is 10.1 Å². The summed E-state index contributed by atoms with van der Waals surface area (Å²) in [5.74, 6) is 1.99. The van der Waals surface area contributed by atoms with Crippen LogP contribution in [0, 0.1) is 0 Å². The van der Waals surface area contributed by atoms with Crippen LogP contribution in [-0.4, -0.2) is 36.0 Å². The molecule has 0 bridgehead atoms. The maximum Gasteiger partial charge on any atom is 0.255 e. The van der Waals surface area contributed by atoms with Crippen molar-refractivity contribution in [1.29, 1.82) is 0 Å². The summed E-state index contributed by atoms with van der Waals surface area (Å²) in [6.07, 6.45) is 0.0404. The minimum absolute atomic E-state index is 0.191. The molecule has 2 aromatic rings. The predicted molar refractivity (Wildman–Crippen MR) is 75.3 cm³/mol. The first-order chi connectivity index (χ1) is 10.2. The SMILES string of the molecule is COc1ccc(Cc2noc([C@@H](O)CCN)n2)cc1OC. The second kappa shape index (κ2) is 7.05. The molecule has 7 heteroatoms. The van der Waals surface area contributed by atoms with Crippen LogP contribution in [0.5, 0.6) is 11.5 Å². The topological polar surface area (TPSA) is 104 Å². The number of rotatable bonds is 7. The van der Waals surface area contributed by atoms with Crippen LogP contribution in [0.4, 0.5) is 0 Å². The van der Waals surface area contributed by atoms with E-state index in [1.165, 1.54) is 0 Å². The van der Waals surface area contributed by atoms with Crippen LogP contribution in [-0.2, 0) is 6.42 Å². The number of aliphatic hydroxyl groups is 1. The Labute approximate surface area is 122 Å². The number of hydrogen-bond acceptors (Lipinski definition) is 7. The molecule has 0 radical (unpaired) electrons. The standard InChI is InChI=1S/C14H19N3O4/c1-19-11-4-3-9(7-12(11)20-2)8-13-16-14(21-17-13)10(18)5-6-15/h3-4,7,10,18H,5-6,8,15H2,1-2H3/t10-/m0/s1. The first kappa shape index (κ1) is 15.3. The van der Waals surface area contributed by atoms with Gasteiger partial charge in [0.1, 0.15) is 6.10 Å². The van der Waals surface area contributed by atoms with E-state index in [-0.39, 0.29) is 5.89 Å². The Morgan fingerprint density at radius 2 is 2.05 bits per heavy atom. The molecule has 0 aliphatic heterocycles. The van der Waals surface area contributed by atoms with Gasteiger partial charge in [-0.2, -0.15) is 4.98 Å². The van der Waals surface area contributed by atoms with E-state index in [2.05, 4.69) is 10.1 Å². The van der Waals surface area contributed by atoms with Crippen LogP contribution in [0.25, 0.3) is 0 Å². The van der Waals surface area contributed by atoms with Gasteiger partial charge in [0, 0.05) is 6.42 Å². The third-order valence-corrected chi connectivity index (χ3v) is 3.02. The smallest absolute Gasteiger partial charge is 0.255 e. The van der Waals surface area contributed by atoms with Crippen LogP contribution in [0.3, 0.4) is 0 Å². The Kier molecular flexibility index (Phi) is 5.13. The highest BCUT2D eigenvalue weighted by molar-refractivity contribution is 5.43. The van der Waals surface area contributed by atoms with Gasteiger partial charge in [-0.15, -0.1) is 0 Å². The fourth-order valence-corrected chi connectivity index (χ4v) is 1.93. The van der Waals surface area contributed by atoms with Gasteiger partial charge < -0.3 is 24.8 Å². The molecule has 2 rings (SSSR count). The van der Waals surface area contributed by atoms with Gasteiger partial charge in [-0.25, -0.2) is 0 Å². The van der Waals surface area contributed by atoms with Crippen molar-refractivity contribution in [3.8, 4) is 11.5 Å². The van der Waals surface area contributed by atoms with E-state index in [0.29, 0.717) is 36.7 Å². The zero-order valence-corrected chi connectivity index (χ0v) is 12.1. The van der Waals surface area contributed by atoms with Crippen molar-refractivity contribution in [2.75, 3.05) is 20.8 Å². The predicted octanol–water partition coefficient (Wildman–Crippen LogP) is 1.06. The van der Waals surface area contributed by atoms with Crippen molar-refractivity contribution in [2.24, 2.45) is 5.73 Å². The lowest BCUT2D eigenvalue weighted by molar-refractivity contribution is 0.127. The fraction of sp³-hybridized carbons (Fsp3) is 0.429. The van der Waals surface area contributed by atoms with E-state index in [1.807, 2.05) is 18.2 Å². The van der Waals surface area contributed by atoms with Crippen molar-refractivity contribution < 1.29 is 19.1 Å². The van der Waals surface area contributed by atoms with E-state index >= 15 is 0 Å². The average Bonchev–Trinajstić information content (AvgIpc) is 2.96. The van der Waals surface area contributed by atoms with Crippen LogP contribution >= 0.6 is 0 Å². The van der Waals surface area contributed by atoms with Gasteiger partial charge >= 0.3 is 0 Å². The maximum atomic E-state index is 9.74. The summed E-state index contributed by atoms with van der Waals surface area (Å²) >= 11 is 0. The minimum Gasteiger partial charge on any atom is -0.493 e. The molecule has 1 heterocycles. The monoisotopic (exact) mass is 293 g/mol. The molecule has 1 aromatic carbocycles. The van der Waals surface area contributed by atoms with E-state index < -0.39 is 6.10 Å². The van der Waals surface area contributed by atoms with Crippen molar-refractivity contribution in [3.05, 3.63) is 35.5 Å². The molecule has 0 aliphatic carbocycles. The maximum absolute atomic E-state index is 9.74. The molecule has 7 nitrogen and oxygen atoms in total. The molecule has 0 unspecified atom stereocenters. The third kappa shape index (κ3) is 3.71. The zero-order chi connectivity index (χ0) is 15.2. The normalized spacial score (nSPS) is 12.2. The molecular formula is C14H19N3O4. The van der Waals surface area contributed by atoms with Crippen molar-refractivity contribution in [2.45, 2.75) is 18.9 Å². The minimum atomic E-state index is -0.818. The Hall–Kier alpha value is -2.12. The summed E-state index contributed by atoms with van der Waals surface area (Å²) in [5, 5.41) is 13.6. The second-order valence-electron chi connectivity index (χ2n) is 4.51. The number of nitrogens with zero attached hydrogens (tertiary/aromatic N) is 2. The molecule has 3 N–H and O–H groups in total. The molecule has 0 saturated heterocycles. The molecular weight excluding hydrogens is 274 g/mol. The van der Waals surface area contributed by atoms with Crippen LogP contribution in [0.1, 0.15) is 29.8 Å². The fourth-order valence-electron chi connectivity index (χ4n) is 1.93. The highest BCUT2D eigenvalue weighted by Gasteiger charge is 2.16. The van der Waals surface area contributed by atoms with E-state index in [1.54, 1.807) is 14.2 Å². The lowest BCUT2D eigenvalue weighted by Crippen LogP contribution is -2.07. The quantitative estimate of drug-likeness (QED) is 0.786. The molecule has 0 aliphatic rings. The summed E-state index contributed by atoms with van der Waals surface area (Å²) < 4.78 is 15.5. The Morgan fingerprint density at radius 1 is 1.29 bits per heavy atom. The summed E-state index contributed by atoms with van der Waals surface area (Å²) in [6, 6.07) is 5.57.